The van der Waals surface area contributed by atoms with Crippen molar-refractivity contribution in [3.05, 3.63) is 69.8 Å². The molecule has 6 heteroatoms. The zero-order valence-corrected chi connectivity index (χ0v) is 15.1. The Bertz CT molecular complexity index is 954. The van der Waals surface area contributed by atoms with Gasteiger partial charge in [-0.2, -0.15) is 0 Å². The number of hydrogen-bond donors (Lipinski definition) is 1. The first kappa shape index (κ1) is 18.6. The number of benzene rings is 1. The fourth-order valence-electron chi connectivity index (χ4n) is 3.46. The molecule has 0 spiro atoms. The predicted molar refractivity (Wildman–Crippen MR) is 98.3 cm³/mol. The Hall–Kier alpha value is -3.15. The van der Waals surface area contributed by atoms with Gasteiger partial charge in [0.2, 0.25) is 0 Å². The Morgan fingerprint density at radius 2 is 1.96 bits per heavy atom. The summed E-state index contributed by atoms with van der Waals surface area (Å²) in [6.45, 7) is 3.40. The highest BCUT2D eigenvalue weighted by Gasteiger charge is 2.40. The summed E-state index contributed by atoms with van der Waals surface area (Å²) in [7, 11) is 0. The van der Waals surface area contributed by atoms with Gasteiger partial charge in [0.25, 0.3) is 0 Å². The van der Waals surface area contributed by atoms with E-state index in [9.17, 15) is 19.5 Å². The number of aryl methyl sites for hydroxylation is 1. The zero-order chi connectivity index (χ0) is 19.6. The van der Waals surface area contributed by atoms with E-state index in [2.05, 4.69) is 0 Å². The van der Waals surface area contributed by atoms with E-state index >= 15 is 0 Å². The van der Waals surface area contributed by atoms with Crippen LogP contribution >= 0.6 is 0 Å². The van der Waals surface area contributed by atoms with Gasteiger partial charge in [0.15, 0.2) is 5.78 Å². The first-order chi connectivity index (χ1) is 12.9. The van der Waals surface area contributed by atoms with Crippen molar-refractivity contribution in [2.24, 2.45) is 5.92 Å². The fraction of sp³-hybridized carbons (Fsp3) is 0.286. The van der Waals surface area contributed by atoms with E-state index in [0.29, 0.717) is 5.57 Å². The highest BCUT2D eigenvalue weighted by Crippen LogP contribution is 2.41. The molecule has 1 N–H and O–H groups in total. The van der Waals surface area contributed by atoms with E-state index < -0.39 is 29.2 Å². The van der Waals surface area contributed by atoms with Crippen LogP contribution < -0.4 is 5.63 Å². The lowest BCUT2D eigenvalue weighted by Gasteiger charge is -2.29. The van der Waals surface area contributed by atoms with Crippen LogP contribution in [0.1, 0.15) is 36.1 Å². The zero-order valence-electron chi connectivity index (χ0n) is 15.1. The Morgan fingerprint density at radius 1 is 1.26 bits per heavy atom. The van der Waals surface area contributed by atoms with Crippen molar-refractivity contribution >= 4 is 17.3 Å². The number of allylic oxidation sites excluding steroid dienone is 2. The molecule has 1 aliphatic rings. The number of esters is 1. The maximum absolute atomic E-state index is 12.8. The molecule has 0 saturated carbocycles. The molecule has 0 fully saturated rings. The summed E-state index contributed by atoms with van der Waals surface area (Å²) in [6, 6.07) is 10.5. The molecule has 2 atom stereocenters. The first-order valence-electron chi connectivity index (χ1n) is 8.72. The van der Waals surface area contributed by atoms with Gasteiger partial charge in [0.1, 0.15) is 23.0 Å². The second-order valence-electron chi connectivity index (χ2n) is 6.43. The fourth-order valence-corrected chi connectivity index (χ4v) is 3.46. The van der Waals surface area contributed by atoms with Gasteiger partial charge in [-0.15, -0.1) is 0 Å². The summed E-state index contributed by atoms with van der Waals surface area (Å²) in [5.41, 5.74) is 0.372. The van der Waals surface area contributed by atoms with Crippen LogP contribution in [0.15, 0.2) is 51.7 Å². The van der Waals surface area contributed by atoms with E-state index in [4.69, 9.17) is 9.15 Å². The molecule has 3 rings (SSSR count). The minimum absolute atomic E-state index is 0.0443. The molecular formula is C21H20O6. The summed E-state index contributed by atoms with van der Waals surface area (Å²) in [5, 5.41) is 10.2. The van der Waals surface area contributed by atoms with Crippen molar-refractivity contribution in [3.63, 3.8) is 0 Å². The quantitative estimate of drug-likeness (QED) is 0.659. The molecule has 6 nitrogen and oxygen atoms in total. The molecular weight excluding hydrogens is 348 g/mol. The van der Waals surface area contributed by atoms with E-state index in [0.717, 1.165) is 5.56 Å². The van der Waals surface area contributed by atoms with Crippen LogP contribution in [0.4, 0.5) is 0 Å². The smallest absolute Gasteiger partial charge is 0.347 e. The van der Waals surface area contributed by atoms with E-state index in [1.807, 2.05) is 30.3 Å². The molecule has 1 aromatic carbocycles. The summed E-state index contributed by atoms with van der Waals surface area (Å²) in [6.07, 6.45) is 1.46. The Morgan fingerprint density at radius 3 is 2.59 bits per heavy atom. The molecule has 1 aromatic heterocycles. The SMILES string of the molecule is CCOC(=O)C1C(=O)C=C(c2c(O)cc(C)oc2=O)CC1c1ccccc1. The molecule has 27 heavy (non-hydrogen) atoms. The Kier molecular flexibility index (Phi) is 5.26. The number of hydrogen-bond acceptors (Lipinski definition) is 6. The maximum atomic E-state index is 12.8. The van der Waals surface area contributed by atoms with Crippen LogP contribution in [0.5, 0.6) is 5.75 Å². The van der Waals surface area contributed by atoms with Crippen molar-refractivity contribution in [1.82, 2.24) is 0 Å². The molecule has 1 heterocycles. The first-order valence-corrected chi connectivity index (χ1v) is 8.72. The molecule has 0 bridgehead atoms. The van der Waals surface area contributed by atoms with Crippen molar-refractivity contribution in [3.8, 4) is 5.75 Å². The van der Waals surface area contributed by atoms with Gasteiger partial charge in [-0.05, 0) is 37.5 Å². The summed E-state index contributed by atoms with van der Waals surface area (Å²) in [4.78, 5) is 37.4. The number of carbonyl (C=O) groups excluding carboxylic acids is 2. The van der Waals surface area contributed by atoms with E-state index in [1.54, 1.807) is 13.8 Å². The lowest BCUT2D eigenvalue weighted by atomic mass is 9.73. The minimum Gasteiger partial charge on any atom is -0.507 e. The second kappa shape index (κ2) is 7.61. The second-order valence-corrected chi connectivity index (χ2v) is 6.43. The minimum atomic E-state index is -0.990. The number of carbonyl (C=O) groups is 2. The van der Waals surface area contributed by atoms with Crippen LogP contribution in [-0.2, 0) is 14.3 Å². The number of ether oxygens (including phenoxy) is 1. The number of aromatic hydroxyl groups is 1. The van der Waals surface area contributed by atoms with Crippen LogP contribution in [0.3, 0.4) is 0 Å². The molecule has 2 aromatic rings. The third-order valence-corrected chi connectivity index (χ3v) is 4.61. The molecule has 0 amide bonds. The molecule has 0 radical (unpaired) electrons. The third-order valence-electron chi connectivity index (χ3n) is 4.61. The molecule has 0 aliphatic heterocycles. The lowest BCUT2D eigenvalue weighted by Crippen LogP contribution is -2.34. The molecule has 1 aliphatic carbocycles. The van der Waals surface area contributed by atoms with Crippen molar-refractivity contribution in [2.45, 2.75) is 26.2 Å². The van der Waals surface area contributed by atoms with Crippen LogP contribution in [0.2, 0.25) is 0 Å². The van der Waals surface area contributed by atoms with Gasteiger partial charge in [0.05, 0.1) is 6.61 Å². The summed E-state index contributed by atoms with van der Waals surface area (Å²) >= 11 is 0. The van der Waals surface area contributed by atoms with Crippen molar-refractivity contribution < 1.29 is 23.8 Å². The topological polar surface area (TPSA) is 93.8 Å². The highest BCUT2D eigenvalue weighted by molar-refractivity contribution is 6.10. The predicted octanol–water partition coefficient (Wildman–Crippen LogP) is 2.97. The number of rotatable bonds is 4. The average molecular weight is 368 g/mol. The molecule has 140 valence electrons. The van der Waals surface area contributed by atoms with Crippen LogP contribution in [0, 0.1) is 12.8 Å². The van der Waals surface area contributed by atoms with Gasteiger partial charge in [-0.3, -0.25) is 9.59 Å². The van der Waals surface area contributed by atoms with E-state index in [1.165, 1.54) is 12.1 Å². The normalized spacial score (nSPS) is 19.5. The maximum Gasteiger partial charge on any atom is 0.347 e. The highest BCUT2D eigenvalue weighted by atomic mass is 16.5. The monoisotopic (exact) mass is 368 g/mol. The van der Waals surface area contributed by atoms with Gasteiger partial charge >= 0.3 is 11.6 Å². The van der Waals surface area contributed by atoms with Crippen molar-refractivity contribution in [2.75, 3.05) is 6.61 Å². The summed E-state index contributed by atoms with van der Waals surface area (Å²) < 4.78 is 10.2. The molecule has 0 saturated heterocycles. The van der Waals surface area contributed by atoms with Gasteiger partial charge in [-0.25, -0.2) is 4.79 Å². The van der Waals surface area contributed by atoms with Gasteiger partial charge < -0.3 is 14.3 Å². The van der Waals surface area contributed by atoms with Crippen LogP contribution in [0.25, 0.3) is 5.57 Å². The van der Waals surface area contributed by atoms with Crippen molar-refractivity contribution in [1.29, 1.82) is 0 Å². The third kappa shape index (κ3) is 3.69. The standard InChI is InChI=1S/C21H20O6/c1-3-26-20(24)19-15(13-7-5-4-6-8-13)10-14(11-17(19)23)18-16(22)9-12(2)27-21(18)25/h4-9,11,15,19,22H,3,10H2,1-2H3. The summed E-state index contributed by atoms with van der Waals surface area (Å²) in [5.74, 6) is -2.51. The Labute approximate surface area is 156 Å². The Balaban J connectivity index is 2.10. The number of ketones is 1. The average Bonchev–Trinajstić information content (AvgIpc) is 2.61. The molecule has 2 unspecified atom stereocenters. The van der Waals surface area contributed by atoms with E-state index in [-0.39, 0.29) is 30.1 Å². The largest absolute Gasteiger partial charge is 0.507 e. The lowest BCUT2D eigenvalue weighted by molar-refractivity contribution is -0.151. The van der Waals surface area contributed by atoms with Gasteiger partial charge in [0, 0.05) is 12.0 Å². The van der Waals surface area contributed by atoms with Gasteiger partial charge in [-0.1, -0.05) is 30.3 Å². The van der Waals surface area contributed by atoms with Crippen LogP contribution in [-0.4, -0.2) is 23.5 Å².